The summed E-state index contributed by atoms with van der Waals surface area (Å²) in [6.07, 6.45) is 1.88. The number of hydrogen-bond acceptors (Lipinski definition) is 3. The number of nitrogens with two attached hydrogens (primary N) is 1. The van der Waals surface area contributed by atoms with Crippen LogP contribution >= 0.6 is 0 Å². The fourth-order valence-corrected chi connectivity index (χ4v) is 2.41. The van der Waals surface area contributed by atoms with Crippen LogP contribution in [0.3, 0.4) is 0 Å². The summed E-state index contributed by atoms with van der Waals surface area (Å²) in [4.78, 5) is 4.40. The average Bonchev–Trinajstić information content (AvgIpc) is 2.84. The lowest BCUT2D eigenvalue weighted by Gasteiger charge is -2.09. The molecule has 20 heavy (non-hydrogen) atoms. The van der Waals surface area contributed by atoms with Crippen LogP contribution < -0.4 is 5.73 Å². The van der Waals surface area contributed by atoms with Gasteiger partial charge in [0, 0.05) is 12.1 Å². The molecule has 0 spiro atoms. The van der Waals surface area contributed by atoms with E-state index in [0.29, 0.717) is 6.54 Å². The first-order chi connectivity index (χ1) is 9.58. The number of benzene rings is 1. The summed E-state index contributed by atoms with van der Waals surface area (Å²) in [6, 6.07) is 8.39. The maximum absolute atomic E-state index is 5.62. The molecule has 4 heteroatoms. The van der Waals surface area contributed by atoms with Gasteiger partial charge in [-0.2, -0.15) is 5.10 Å². The third-order valence-electron chi connectivity index (χ3n) is 3.70. The Bertz CT molecular complexity index is 787. The molecular weight excluding hydrogens is 248 g/mol. The van der Waals surface area contributed by atoms with Gasteiger partial charge in [-0.25, -0.2) is 9.50 Å². The molecule has 3 rings (SSSR count). The van der Waals surface area contributed by atoms with Gasteiger partial charge in [0.15, 0.2) is 5.65 Å². The van der Waals surface area contributed by atoms with Crippen molar-refractivity contribution < 1.29 is 0 Å². The Kier molecular flexibility index (Phi) is 3.03. The minimum Gasteiger partial charge on any atom is -0.325 e. The number of hydrogen-bond donors (Lipinski definition) is 1. The molecule has 2 aromatic heterocycles. The van der Waals surface area contributed by atoms with Crippen molar-refractivity contribution in [3.63, 3.8) is 0 Å². The first kappa shape index (κ1) is 12.8. The van der Waals surface area contributed by atoms with Crippen LogP contribution in [0.5, 0.6) is 0 Å². The second kappa shape index (κ2) is 4.72. The van der Waals surface area contributed by atoms with Gasteiger partial charge in [-0.1, -0.05) is 6.07 Å². The monoisotopic (exact) mass is 266 g/mol. The highest BCUT2D eigenvalue weighted by Gasteiger charge is 2.08. The van der Waals surface area contributed by atoms with E-state index in [2.05, 4.69) is 43.0 Å². The van der Waals surface area contributed by atoms with E-state index in [0.717, 1.165) is 22.6 Å². The fraction of sp³-hybridized carbons (Fsp3) is 0.250. The molecule has 0 aliphatic rings. The SMILES string of the molecule is Cc1cc(C)c(-c2ccc3nc(CN)cn3n2)cc1C. The molecule has 0 amide bonds. The van der Waals surface area contributed by atoms with Gasteiger partial charge >= 0.3 is 0 Å². The lowest BCUT2D eigenvalue weighted by Crippen LogP contribution is -1.96. The van der Waals surface area contributed by atoms with Crippen molar-refractivity contribution in [3.8, 4) is 11.3 Å². The Morgan fingerprint density at radius 1 is 1.05 bits per heavy atom. The third-order valence-corrected chi connectivity index (χ3v) is 3.70. The van der Waals surface area contributed by atoms with Crippen LogP contribution in [-0.4, -0.2) is 14.6 Å². The maximum Gasteiger partial charge on any atom is 0.153 e. The number of imidazole rings is 1. The van der Waals surface area contributed by atoms with E-state index in [9.17, 15) is 0 Å². The van der Waals surface area contributed by atoms with Gasteiger partial charge in [0.2, 0.25) is 0 Å². The van der Waals surface area contributed by atoms with Gasteiger partial charge < -0.3 is 5.73 Å². The van der Waals surface area contributed by atoms with Crippen molar-refractivity contribution in [2.75, 3.05) is 0 Å². The fourth-order valence-electron chi connectivity index (χ4n) is 2.41. The Hall–Kier alpha value is -2.20. The number of rotatable bonds is 2. The molecule has 0 radical (unpaired) electrons. The normalized spacial score (nSPS) is 11.2. The highest BCUT2D eigenvalue weighted by atomic mass is 15.2. The van der Waals surface area contributed by atoms with Crippen LogP contribution in [0.2, 0.25) is 0 Å². The van der Waals surface area contributed by atoms with Crippen LogP contribution in [0.15, 0.2) is 30.5 Å². The van der Waals surface area contributed by atoms with Gasteiger partial charge in [0.05, 0.1) is 17.6 Å². The standard InChI is InChI=1S/C16H18N4/c1-10-6-12(3)14(7-11(10)2)15-4-5-16-18-13(8-17)9-20(16)19-15/h4-7,9H,8,17H2,1-3H3. The van der Waals surface area contributed by atoms with Crippen LogP contribution in [0, 0.1) is 20.8 Å². The second-order valence-electron chi connectivity index (χ2n) is 5.21. The highest BCUT2D eigenvalue weighted by molar-refractivity contribution is 5.66. The van der Waals surface area contributed by atoms with Gasteiger partial charge in [-0.3, -0.25) is 0 Å². The maximum atomic E-state index is 5.62. The predicted molar refractivity (Wildman–Crippen MR) is 80.5 cm³/mol. The second-order valence-corrected chi connectivity index (χ2v) is 5.21. The molecule has 0 unspecified atom stereocenters. The molecule has 0 aliphatic carbocycles. The van der Waals surface area contributed by atoms with E-state index in [4.69, 9.17) is 5.73 Å². The van der Waals surface area contributed by atoms with Gasteiger partial charge in [0.25, 0.3) is 0 Å². The molecule has 4 nitrogen and oxygen atoms in total. The first-order valence-electron chi connectivity index (χ1n) is 6.72. The molecule has 0 aliphatic heterocycles. The summed E-state index contributed by atoms with van der Waals surface area (Å²) in [5.41, 5.74) is 13.2. The molecule has 3 aromatic rings. The molecule has 2 heterocycles. The lowest BCUT2D eigenvalue weighted by atomic mass is 9.99. The van der Waals surface area contributed by atoms with Gasteiger partial charge in [0.1, 0.15) is 0 Å². The minimum absolute atomic E-state index is 0.432. The zero-order valence-electron chi connectivity index (χ0n) is 12.0. The molecule has 0 fully saturated rings. The van der Waals surface area contributed by atoms with Crippen molar-refractivity contribution >= 4 is 5.65 Å². The zero-order valence-corrected chi connectivity index (χ0v) is 12.0. The molecule has 0 bridgehead atoms. The van der Waals surface area contributed by atoms with E-state index >= 15 is 0 Å². The molecule has 0 atom stereocenters. The summed E-state index contributed by atoms with van der Waals surface area (Å²) in [5, 5.41) is 4.64. The summed E-state index contributed by atoms with van der Waals surface area (Å²) in [7, 11) is 0. The van der Waals surface area contributed by atoms with Gasteiger partial charge in [-0.05, 0) is 55.7 Å². The van der Waals surface area contributed by atoms with Crippen LogP contribution in [0.25, 0.3) is 16.9 Å². The number of nitrogens with zero attached hydrogens (tertiary/aromatic N) is 3. The Morgan fingerprint density at radius 2 is 1.80 bits per heavy atom. The van der Waals surface area contributed by atoms with E-state index < -0.39 is 0 Å². The number of aromatic nitrogens is 3. The molecular formula is C16H18N4. The van der Waals surface area contributed by atoms with Crippen LogP contribution in [-0.2, 0) is 6.54 Å². The van der Waals surface area contributed by atoms with Gasteiger partial charge in [-0.15, -0.1) is 0 Å². The van der Waals surface area contributed by atoms with Crippen molar-refractivity contribution in [1.29, 1.82) is 0 Å². The summed E-state index contributed by atoms with van der Waals surface area (Å²) < 4.78 is 1.80. The minimum atomic E-state index is 0.432. The molecule has 2 N–H and O–H groups in total. The zero-order chi connectivity index (χ0) is 14.3. The van der Waals surface area contributed by atoms with E-state index in [1.807, 2.05) is 18.3 Å². The smallest absolute Gasteiger partial charge is 0.153 e. The summed E-state index contributed by atoms with van der Waals surface area (Å²) in [6.45, 7) is 6.81. The van der Waals surface area contributed by atoms with Crippen LogP contribution in [0.1, 0.15) is 22.4 Å². The molecule has 102 valence electrons. The van der Waals surface area contributed by atoms with E-state index in [-0.39, 0.29) is 0 Å². The summed E-state index contributed by atoms with van der Waals surface area (Å²) in [5.74, 6) is 0. The Labute approximate surface area is 118 Å². The van der Waals surface area contributed by atoms with E-state index in [1.165, 1.54) is 16.7 Å². The topological polar surface area (TPSA) is 56.2 Å². The largest absolute Gasteiger partial charge is 0.325 e. The lowest BCUT2D eigenvalue weighted by molar-refractivity contribution is 0.933. The van der Waals surface area contributed by atoms with Crippen molar-refractivity contribution in [2.24, 2.45) is 5.73 Å². The average molecular weight is 266 g/mol. The van der Waals surface area contributed by atoms with Crippen LogP contribution in [0.4, 0.5) is 0 Å². The third kappa shape index (κ3) is 2.08. The summed E-state index contributed by atoms with van der Waals surface area (Å²) >= 11 is 0. The predicted octanol–water partition coefficient (Wildman–Crippen LogP) is 2.78. The molecule has 0 saturated heterocycles. The van der Waals surface area contributed by atoms with E-state index in [1.54, 1.807) is 4.52 Å². The molecule has 0 saturated carbocycles. The highest BCUT2D eigenvalue weighted by Crippen LogP contribution is 2.25. The Morgan fingerprint density at radius 3 is 2.55 bits per heavy atom. The molecule has 1 aromatic carbocycles. The van der Waals surface area contributed by atoms with Crippen molar-refractivity contribution in [1.82, 2.24) is 14.6 Å². The number of fused-ring (bicyclic) bond motifs is 1. The Balaban J connectivity index is 2.16. The quantitative estimate of drug-likeness (QED) is 0.776. The first-order valence-corrected chi connectivity index (χ1v) is 6.72. The van der Waals surface area contributed by atoms with Crippen molar-refractivity contribution in [2.45, 2.75) is 27.3 Å². The van der Waals surface area contributed by atoms with Crippen molar-refractivity contribution in [3.05, 3.63) is 52.8 Å². The number of aryl methyl sites for hydroxylation is 3.